The highest BCUT2D eigenvalue weighted by Gasteiger charge is 2.37. The van der Waals surface area contributed by atoms with Crippen LogP contribution in [0.3, 0.4) is 0 Å². The molecule has 1 fully saturated rings. The van der Waals surface area contributed by atoms with E-state index in [1.54, 1.807) is 6.33 Å². The van der Waals surface area contributed by atoms with E-state index < -0.39 is 0 Å². The number of aliphatic hydroxyl groups is 1. The summed E-state index contributed by atoms with van der Waals surface area (Å²) in [6.07, 6.45) is 5.98. The lowest BCUT2D eigenvalue weighted by molar-refractivity contribution is 0.0419. The number of rotatable bonds is 5. The van der Waals surface area contributed by atoms with Crippen molar-refractivity contribution in [3.8, 4) is 0 Å². The average Bonchev–Trinajstić information content (AvgIpc) is 2.58. The van der Waals surface area contributed by atoms with Crippen molar-refractivity contribution in [2.45, 2.75) is 46.1 Å². The van der Waals surface area contributed by atoms with E-state index in [9.17, 15) is 5.11 Å². The molecule has 4 nitrogen and oxygen atoms in total. The van der Waals surface area contributed by atoms with E-state index in [0.717, 1.165) is 31.6 Å². The molecule has 0 aliphatic heterocycles. The van der Waals surface area contributed by atoms with Crippen LogP contribution in [0.2, 0.25) is 0 Å². The predicted octanol–water partition coefficient (Wildman–Crippen LogP) is 1.64. The van der Waals surface area contributed by atoms with Crippen LogP contribution in [0.15, 0.2) is 6.33 Å². The fourth-order valence-electron chi connectivity index (χ4n) is 2.33. The van der Waals surface area contributed by atoms with Crippen LogP contribution >= 0.6 is 0 Å². The fraction of sp³-hybridized carbons (Fsp3) is 0.833. The maximum Gasteiger partial charge on any atom is 0.138 e. The number of aliphatic hydroxyl groups excluding tert-OH is 1. The van der Waals surface area contributed by atoms with E-state index in [0.29, 0.717) is 5.92 Å². The molecule has 16 heavy (non-hydrogen) atoms. The largest absolute Gasteiger partial charge is 0.396 e. The Morgan fingerprint density at radius 1 is 1.50 bits per heavy atom. The third-order valence-electron chi connectivity index (χ3n) is 3.52. The van der Waals surface area contributed by atoms with E-state index in [2.05, 4.69) is 23.9 Å². The van der Waals surface area contributed by atoms with Gasteiger partial charge in [-0.15, -0.1) is 0 Å². The molecule has 0 aromatic carbocycles. The highest BCUT2D eigenvalue weighted by atomic mass is 16.3. The topological polar surface area (TPSA) is 50.9 Å². The molecule has 1 N–H and O–H groups in total. The van der Waals surface area contributed by atoms with Crippen molar-refractivity contribution in [2.75, 3.05) is 6.61 Å². The van der Waals surface area contributed by atoms with Crippen LogP contribution in [0.1, 0.15) is 38.9 Å². The zero-order valence-electron chi connectivity index (χ0n) is 10.2. The van der Waals surface area contributed by atoms with Gasteiger partial charge in [-0.2, -0.15) is 5.10 Å². The van der Waals surface area contributed by atoms with Crippen molar-refractivity contribution >= 4 is 0 Å². The molecular formula is C12H21N3O. The minimum Gasteiger partial charge on any atom is -0.396 e. The van der Waals surface area contributed by atoms with E-state index in [-0.39, 0.29) is 12.0 Å². The minimum atomic E-state index is 0.0990. The second-order valence-corrected chi connectivity index (χ2v) is 5.44. The average molecular weight is 223 g/mol. The Kier molecular flexibility index (Phi) is 3.28. The van der Waals surface area contributed by atoms with E-state index in [1.807, 2.05) is 4.68 Å². The van der Waals surface area contributed by atoms with Gasteiger partial charge < -0.3 is 5.11 Å². The Hall–Kier alpha value is -0.900. The van der Waals surface area contributed by atoms with Crippen molar-refractivity contribution in [3.63, 3.8) is 0 Å². The summed E-state index contributed by atoms with van der Waals surface area (Å²) in [5, 5.41) is 13.7. The molecule has 1 aromatic heterocycles. The van der Waals surface area contributed by atoms with E-state index >= 15 is 0 Å². The fourth-order valence-corrected chi connectivity index (χ4v) is 2.33. The molecule has 0 amide bonds. The molecule has 2 rings (SSSR count). The molecule has 0 spiro atoms. The molecule has 1 aromatic rings. The predicted molar refractivity (Wildman–Crippen MR) is 61.9 cm³/mol. The van der Waals surface area contributed by atoms with Crippen molar-refractivity contribution < 1.29 is 5.11 Å². The van der Waals surface area contributed by atoms with Crippen LogP contribution < -0.4 is 0 Å². The lowest BCUT2D eigenvalue weighted by Crippen LogP contribution is -2.36. The first kappa shape index (κ1) is 11.6. The monoisotopic (exact) mass is 223 g/mol. The number of nitrogens with zero attached hydrogens (tertiary/aromatic N) is 3. The van der Waals surface area contributed by atoms with Crippen LogP contribution in [0.25, 0.3) is 0 Å². The Morgan fingerprint density at radius 2 is 2.25 bits per heavy atom. The molecule has 1 saturated carbocycles. The van der Waals surface area contributed by atoms with Crippen molar-refractivity contribution in [2.24, 2.45) is 11.3 Å². The smallest absolute Gasteiger partial charge is 0.138 e. The standard InChI is InChI=1S/C12H21N3O/c1-10(2)7-15-11(13-9-14-15)6-12(8-16)4-3-5-12/h9-10,16H,3-8H2,1-2H3. The summed E-state index contributed by atoms with van der Waals surface area (Å²) in [6.45, 7) is 5.55. The van der Waals surface area contributed by atoms with Crippen LogP contribution in [0.4, 0.5) is 0 Å². The lowest BCUT2D eigenvalue weighted by Gasteiger charge is -2.40. The third-order valence-corrected chi connectivity index (χ3v) is 3.52. The second kappa shape index (κ2) is 4.53. The zero-order valence-corrected chi connectivity index (χ0v) is 10.2. The Labute approximate surface area is 96.7 Å². The molecule has 0 unspecified atom stereocenters. The molecule has 4 heteroatoms. The van der Waals surface area contributed by atoms with Crippen LogP contribution in [0, 0.1) is 11.3 Å². The van der Waals surface area contributed by atoms with Gasteiger partial charge in [-0.3, -0.25) is 0 Å². The zero-order chi connectivity index (χ0) is 11.6. The van der Waals surface area contributed by atoms with Gasteiger partial charge in [0.2, 0.25) is 0 Å². The van der Waals surface area contributed by atoms with Gasteiger partial charge in [0.05, 0.1) is 0 Å². The van der Waals surface area contributed by atoms with Gasteiger partial charge in [0.25, 0.3) is 0 Å². The molecule has 0 atom stereocenters. The summed E-state index contributed by atoms with van der Waals surface area (Å²) < 4.78 is 1.99. The maximum absolute atomic E-state index is 9.45. The van der Waals surface area contributed by atoms with Crippen LogP contribution in [-0.4, -0.2) is 26.5 Å². The van der Waals surface area contributed by atoms with Crippen LogP contribution in [0.5, 0.6) is 0 Å². The first-order valence-corrected chi connectivity index (χ1v) is 6.13. The van der Waals surface area contributed by atoms with Gasteiger partial charge in [-0.05, 0) is 18.8 Å². The highest BCUT2D eigenvalue weighted by molar-refractivity contribution is 4.98. The lowest BCUT2D eigenvalue weighted by atomic mass is 9.67. The van der Waals surface area contributed by atoms with Gasteiger partial charge in [-0.25, -0.2) is 9.67 Å². The van der Waals surface area contributed by atoms with Gasteiger partial charge >= 0.3 is 0 Å². The van der Waals surface area contributed by atoms with Crippen molar-refractivity contribution in [3.05, 3.63) is 12.2 Å². The molecule has 0 radical (unpaired) electrons. The molecule has 90 valence electrons. The number of hydrogen-bond acceptors (Lipinski definition) is 3. The summed E-state index contributed by atoms with van der Waals surface area (Å²) >= 11 is 0. The molecule has 0 saturated heterocycles. The van der Waals surface area contributed by atoms with Crippen molar-refractivity contribution in [1.29, 1.82) is 0 Å². The molecule has 1 aliphatic carbocycles. The quantitative estimate of drug-likeness (QED) is 0.825. The molecular weight excluding hydrogens is 202 g/mol. The Bertz CT molecular complexity index is 336. The molecule has 1 aliphatic rings. The third kappa shape index (κ3) is 2.26. The maximum atomic E-state index is 9.45. The molecule has 1 heterocycles. The summed E-state index contributed by atoms with van der Waals surface area (Å²) in [7, 11) is 0. The van der Waals surface area contributed by atoms with Crippen LogP contribution in [-0.2, 0) is 13.0 Å². The van der Waals surface area contributed by atoms with Gasteiger partial charge in [-0.1, -0.05) is 20.3 Å². The first-order valence-electron chi connectivity index (χ1n) is 6.13. The molecule has 0 bridgehead atoms. The number of hydrogen-bond donors (Lipinski definition) is 1. The highest BCUT2D eigenvalue weighted by Crippen LogP contribution is 2.42. The second-order valence-electron chi connectivity index (χ2n) is 5.44. The first-order chi connectivity index (χ1) is 7.65. The normalized spacial score (nSPS) is 18.8. The summed E-state index contributed by atoms with van der Waals surface area (Å²) in [5.74, 6) is 1.61. The summed E-state index contributed by atoms with van der Waals surface area (Å²) in [6, 6.07) is 0. The van der Waals surface area contributed by atoms with Gasteiger partial charge in [0.1, 0.15) is 12.2 Å². The van der Waals surface area contributed by atoms with Crippen molar-refractivity contribution in [1.82, 2.24) is 14.8 Å². The Morgan fingerprint density at radius 3 is 2.75 bits per heavy atom. The van der Waals surface area contributed by atoms with E-state index in [4.69, 9.17) is 0 Å². The summed E-state index contributed by atoms with van der Waals surface area (Å²) in [4.78, 5) is 4.32. The summed E-state index contributed by atoms with van der Waals surface area (Å²) in [5.41, 5.74) is 0.0990. The number of aromatic nitrogens is 3. The SMILES string of the molecule is CC(C)Cn1ncnc1CC1(CO)CCC1. The van der Waals surface area contributed by atoms with E-state index in [1.165, 1.54) is 6.42 Å². The van der Waals surface area contributed by atoms with Gasteiger partial charge in [0.15, 0.2) is 0 Å². The van der Waals surface area contributed by atoms with Gasteiger partial charge in [0, 0.05) is 25.0 Å². The Balaban J connectivity index is 2.06. The minimum absolute atomic E-state index is 0.0990.